The first-order valence-electron chi connectivity index (χ1n) is 6.67. The summed E-state index contributed by atoms with van der Waals surface area (Å²) in [6.07, 6.45) is 7.38. The monoisotopic (exact) mass is 255 g/mol. The van der Waals surface area contributed by atoms with E-state index >= 15 is 0 Å². The van der Waals surface area contributed by atoms with Gasteiger partial charge in [0.25, 0.3) is 5.91 Å². The van der Waals surface area contributed by atoms with Crippen LogP contribution in [-0.2, 0) is 5.54 Å². The Kier molecular flexibility index (Phi) is 3.07. The highest BCUT2D eigenvalue weighted by Gasteiger charge is 2.37. The summed E-state index contributed by atoms with van der Waals surface area (Å²) in [4.78, 5) is 19.0. The number of aromatic nitrogens is 2. The molecule has 0 unspecified atom stereocenters. The van der Waals surface area contributed by atoms with E-state index in [0.717, 1.165) is 25.7 Å². The van der Waals surface area contributed by atoms with Gasteiger partial charge in [-0.15, -0.1) is 0 Å². The van der Waals surface area contributed by atoms with Crippen molar-refractivity contribution in [3.05, 3.63) is 54.1 Å². The molecule has 4 heteroatoms. The zero-order valence-corrected chi connectivity index (χ0v) is 10.7. The Bertz CT molecular complexity index is 542. The van der Waals surface area contributed by atoms with Crippen LogP contribution < -0.4 is 5.32 Å². The van der Waals surface area contributed by atoms with Gasteiger partial charge in [0, 0.05) is 0 Å². The number of rotatable bonds is 3. The number of carbonyl (C=O) groups is 1. The van der Waals surface area contributed by atoms with Gasteiger partial charge in [-0.25, -0.2) is 4.98 Å². The first kappa shape index (κ1) is 12.0. The second kappa shape index (κ2) is 4.88. The van der Waals surface area contributed by atoms with Crippen LogP contribution in [0.25, 0.3) is 0 Å². The second-order valence-corrected chi connectivity index (χ2v) is 5.07. The van der Waals surface area contributed by atoms with Crippen LogP contribution in [0.15, 0.2) is 42.9 Å². The molecule has 1 aromatic heterocycles. The highest BCUT2D eigenvalue weighted by Crippen LogP contribution is 2.38. The van der Waals surface area contributed by atoms with Crippen LogP contribution in [0.3, 0.4) is 0 Å². The van der Waals surface area contributed by atoms with E-state index in [9.17, 15) is 4.79 Å². The molecule has 1 aliphatic rings. The number of aromatic amines is 1. The molecular formula is C15H17N3O. The zero-order valence-electron chi connectivity index (χ0n) is 10.7. The Balaban J connectivity index is 1.88. The predicted molar refractivity (Wildman–Crippen MR) is 72.6 cm³/mol. The molecule has 1 heterocycles. The Labute approximate surface area is 112 Å². The third-order valence-electron chi connectivity index (χ3n) is 3.88. The summed E-state index contributed by atoms with van der Waals surface area (Å²) in [7, 11) is 0. The standard InChI is InChI=1S/C15H17N3O/c19-14(13-10-16-11-17-13)18-15(8-4-5-9-15)12-6-2-1-3-7-12/h1-3,6-7,10-11H,4-5,8-9H2,(H,16,17)(H,18,19). The lowest BCUT2D eigenvalue weighted by Crippen LogP contribution is -2.43. The normalized spacial score (nSPS) is 17.3. The number of nitrogens with one attached hydrogen (secondary N) is 2. The van der Waals surface area contributed by atoms with E-state index < -0.39 is 0 Å². The number of hydrogen-bond donors (Lipinski definition) is 2. The van der Waals surface area contributed by atoms with Crippen molar-refractivity contribution in [1.29, 1.82) is 0 Å². The molecule has 4 nitrogen and oxygen atoms in total. The molecule has 2 aromatic rings. The fraction of sp³-hybridized carbons (Fsp3) is 0.333. The Morgan fingerprint density at radius 1 is 1.21 bits per heavy atom. The van der Waals surface area contributed by atoms with Crippen molar-refractivity contribution in [2.24, 2.45) is 0 Å². The lowest BCUT2D eigenvalue weighted by molar-refractivity contribution is 0.0893. The number of H-pyrrole nitrogens is 1. The summed E-state index contributed by atoms with van der Waals surface area (Å²) in [5, 5.41) is 3.20. The molecule has 0 aliphatic heterocycles. The average Bonchev–Trinajstić information content (AvgIpc) is 3.11. The number of carbonyl (C=O) groups excluding carboxylic acids is 1. The number of hydrogen-bond acceptors (Lipinski definition) is 2. The van der Waals surface area contributed by atoms with Gasteiger partial charge in [-0.1, -0.05) is 43.2 Å². The van der Waals surface area contributed by atoms with Crippen molar-refractivity contribution in [3.8, 4) is 0 Å². The van der Waals surface area contributed by atoms with Gasteiger partial charge in [0.15, 0.2) is 0 Å². The molecule has 2 N–H and O–H groups in total. The third-order valence-corrected chi connectivity index (χ3v) is 3.88. The van der Waals surface area contributed by atoms with Gasteiger partial charge in [0.2, 0.25) is 0 Å². The maximum atomic E-state index is 12.3. The largest absolute Gasteiger partial charge is 0.341 e. The first-order valence-corrected chi connectivity index (χ1v) is 6.67. The van der Waals surface area contributed by atoms with Crippen LogP contribution in [0.4, 0.5) is 0 Å². The van der Waals surface area contributed by atoms with E-state index in [1.54, 1.807) is 6.20 Å². The van der Waals surface area contributed by atoms with Crippen molar-refractivity contribution in [3.63, 3.8) is 0 Å². The smallest absolute Gasteiger partial charge is 0.270 e. The van der Waals surface area contributed by atoms with Gasteiger partial charge in [-0.05, 0) is 18.4 Å². The summed E-state index contributed by atoms with van der Waals surface area (Å²) >= 11 is 0. The molecule has 0 radical (unpaired) electrons. The summed E-state index contributed by atoms with van der Waals surface area (Å²) in [6, 6.07) is 10.2. The highest BCUT2D eigenvalue weighted by atomic mass is 16.2. The van der Waals surface area contributed by atoms with E-state index in [2.05, 4.69) is 27.4 Å². The minimum absolute atomic E-state index is 0.0803. The predicted octanol–water partition coefficient (Wildman–Crippen LogP) is 2.61. The van der Waals surface area contributed by atoms with Crippen LogP contribution in [0.2, 0.25) is 0 Å². The van der Waals surface area contributed by atoms with E-state index in [4.69, 9.17) is 0 Å². The third kappa shape index (κ3) is 2.26. The molecule has 0 atom stereocenters. The fourth-order valence-corrected chi connectivity index (χ4v) is 2.89. The van der Waals surface area contributed by atoms with E-state index in [1.807, 2.05) is 18.2 Å². The molecule has 0 bridgehead atoms. The molecule has 1 aromatic carbocycles. The van der Waals surface area contributed by atoms with Gasteiger partial charge in [-0.3, -0.25) is 4.79 Å². The zero-order chi connectivity index (χ0) is 13.1. The number of benzene rings is 1. The molecule has 19 heavy (non-hydrogen) atoms. The summed E-state index contributed by atoms with van der Waals surface area (Å²) < 4.78 is 0. The SMILES string of the molecule is O=C(NC1(c2ccccc2)CCCC1)c1cnc[nH]1. The van der Waals surface area contributed by atoms with Crippen LogP contribution in [0.5, 0.6) is 0 Å². The molecular weight excluding hydrogens is 238 g/mol. The van der Waals surface area contributed by atoms with Crippen molar-refractivity contribution in [1.82, 2.24) is 15.3 Å². The molecule has 0 saturated heterocycles. The maximum Gasteiger partial charge on any atom is 0.270 e. The van der Waals surface area contributed by atoms with Crippen LogP contribution in [-0.4, -0.2) is 15.9 Å². The molecule has 3 rings (SSSR count). The fourth-order valence-electron chi connectivity index (χ4n) is 2.89. The van der Waals surface area contributed by atoms with Crippen LogP contribution in [0, 0.1) is 0 Å². The summed E-state index contributed by atoms with van der Waals surface area (Å²) in [5.41, 5.74) is 1.49. The molecule has 1 fully saturated rings. The van der Waals surface area contributed by atoms with E-state index in [1.165, 1.54) is 11.9 Å². The number of imidazole rings is 1. The molecule has 0 spiro atoms. The van der Waals surface area contributed by atoms with Crippen molar-refractivity contribution < 1.29 is 4.79 Å². The summed E-state index contributed by atoms with van der Waals surface area (Å²) in [6.45, 7) is 0. The first-order chi connectivity index (χ1) is 9.30. The van der Waals surface area contributed by atoms with Crippen molar-refractivity contribution in [2.75, 3.05) is 0 Å². The van der Waals surface area contributed by atoms with Gasteiger partial charge in [0.05, 0.1) is 18.1 Å². The highest BCUT2D eigenvalue weighted by molar-refractivity contribution is 5.92. The number of amides is 1. The Morgan fingerprint density at radius 2 is 1.95 bits per heavy atom. The van der Waals surface area contributed by atoms with E-state index in [-0.39, 0.29) is 11.4 Å². The molecule has 1 saturated carbocycles. The second-order valence-electron chi connectivity index (χ2n) is 5.07. The van der Waals surface area contributed by atoms with Crippen LogP contribution >= 0.6 is 0 Å². The minimum Gasteiger partial charge on any atom is -0.341 e. The van der Waals surface area contributed by atoms with Gasteiger partial charge in [0.1, 0.15) is 5.69 Å². The topological polar surface area (TPSA) is 57.8 Å². The average molecular weight is 255 g/mol. The number of nitrogens with zero attached hydrogens (tertiary/aromatic N) is 1. The lowest BCUT2D eigenvalue weighted by atomic mass is 9.88. The molecule has 1 amide bonds. The van der Waals surface area contributed by atoms with Crippen molar-refractivity contribution >= 4 is 5.91 Å². The molecule has 98 valence electrons. The minimum atomic E-state index is -0.219. The Morgan fingerprint density at radius 3 is 2.58 bits per heavy atom. The molecule has 1 aliphatic carbocycles. The van der Waals surface area contributed by atoms with E-state index in [0.29, 0.717) is 5.69 Å². The quantitative estimate of drug-likeness (QED) is 0.885. The summed E-state index contributed by atoms with van der Waals surface area (Å²) in [5.74, 6) is -0.0803. The Hall–Kier alpha value is -2.10. The van der Waals surface area contributed by atoms with Gasteiger partial charge < -0.3 is 10.3 Å². The maximum absolute atomic E-state index is 12.3. The lowest BCUT2D eigenvalue weighted by Gasteiger charge is -2.30. The van der Waals surface area contributed by atoms with Gasteiger partial charge >= 0.3 is 0 Å². The van der Waals surface area contributed by atoms with Crippen molar-refractivity contribution in [2.45, 2.75) is 31.2 Å². The van der Waals surface area contributed by atoms with Gasteiger partial charge in [-0.2, -0.15) is 0 Å². The van der Waals surface area contributed by atoms with Crippen LogP contribution in [0.1, 0.15) is 41.7 Å².